The number of aromatic nitrogens is 2. The van der Waals surface area contributed by atoms with Crippen LogP contribution in [0.4, 0.5) is 0 Å². The second-order valence-corrected chi connectivity index (χ2v) is 4.29. The Balaban J connectivity index is 1.96. The summed E-state index contributed by atoms with van der Waals surface area (Å²) in [7, 11) is 0. The van der Waals surface area contributed by atoms with Crippen LogP contribution < -0.4 is 5.73 Å². The first-order valence-corrected chi connectivity index (χ1v) is 6.09. The summed E-state index contributed by atoms with van der Waals surface area (Å²) in [4.78, 5) is 6.76. The van der Waals surface area contributed by atoms with E-state index in [1.165, 1.54) is 25.8 Å². The average Bonchev–Trinajstić information content (AvgIpc) is 2.77. The second-order valence-electron chi connectivity index (χ2n) is 4.29. The number of likely N-dealkylation sites (N-methyl/N-ethyl adjacent to an activating group) is 1. The van der Waals surface area contributed by atoms with Crippen LogP contribution in [-0.2, 0) is 13.0 Å². The minimum Gasteiger partial charge on any atom is -0.338 e. The van der Waals surface area contributed by atoms with Crippen molar-refractivity contribution in [3.05, 3.63) is 11.7 Å². The molecule has 1 fully saturated rings. The van der Waals surface area contributed by atoms with Crippen molar-refractivity contribution >= 4 is 0 Å². The van der Waals surface area contributed by atoms with Gasteiger partial charge < -0.3 is 15.2 Å². The third-order valence-electron chi connectivity index (χ3n) is 3.26. The van der Waals surface area contributed by atoms with Crippen LogP contribution in [0.2, 0.25) is 0 Å². The number of rotatable bonds is 4. The minimum absolute atomic E-state index is 0.329. The van der Waals surface area contributed by atoms with Crippen LogP contribution in [0, 0.1) is 0 Å². The van der Waals surface area contributed by atoms with E-state index in [1.807, 2.05) is 0 Å². The summed E-state index contributed by atoms with van der Waals surface area (Å²) in [6.07, 6.45) is 4.74. The summed E-state index contributed by atoms with van der Waals surface area (Å²) in [5.74, 6) is 1.33. The Kier molecular flexibility index (Phi) is 3.90. The van der Waals surface area contributed by atoms with E-state index in [1.54, 1.807) is 0 Å². The molecule has 0 radical (unpaired) electrons. The molecular weight excluding hydrogens is 204 g/mol. The quantitative estimate of drug-likeness (QED) is 0.824. The molecule has 2 N–H and O–H groups in total. The van der Waals surface area contributed by atoms with Gasteiger partial charge in [0.05, 0.1) is 6.54 Å². The minimum atomic E-state index is 0.329. The van der Waals surface area contributed by atoms with E-state index in [-0.39, 0.29) is 0 Å². The van der Waals surface area contributed by atoms with E-state index in [0.29, 0.717) is 18.5 Å². The number of likely N-dealkylation sites (tertiary alicyclic amines) is 1. The van der Waals surface area contributed by atoms with E-state index in [9.17, 15) is 0 Å². The van der Waals surface area contributed by atoms with Gasteiger partial charge in [-0.2, -0.15) is 4.98 Å². The Morgan fingerprint density at radius 3 is 3.06 bits per heavy atom. The maximum Gasteiger partial charge on any atom is 0.240 e. The molecule has 0 saturated carbocycles. The average molecular weight is 224 g/mol. The van der Waals surface area contributed by atoms with Crippen LogP contribution >= 0.6 is 0 Å². The maximum absolute atomic E-state index is 5.44. The van der Waals surface area contributed by atoms with Gasteiger partial charge in [-0.05, 0) is 25.9 Å². The first kappa shape index (κ1) is 11.5. The van der Waals surface area contributed by atoms with E-state index < -0.39 is 0 Å². The van der Waals surface area contributed by atoms with E-state index in [0.717, 1.165) is 18.8 Å². The molecule has 1 aliphatic heterocycles. The fraction of sp³-hybridized carbons (Fsp3) is 0.818. The fourth-order valence-corrected chi connectivity index (χ4v) is 2.37. The lowest BCUT2D eigenvalue weighted by Crippen LogP contribution is -2.40. The van der Waals surface area contributed by atoms with E-state index >= 15 is 0 Å². The monoisotopic (exact) mass is 224 g/mol. The summed E-state index contributed by atoms with van der Waals surface area (Å²) in [5.41, 5.74) is 5.44. The van der Waals surface area contributed by atoms with Gasteiger partial charge in [0, 0.05) is 12.5 Å². The molecule has 1 atom stereocenters. The van der Waals surface area contributed by atoms with Gasteiger partial charge in [-0.25, -0.2) is 0 Å². The number of hydrogen-bond donors (Lipinski definition) is 1. The number of nitrogens with two attached hydrogens (primary N) is 1. The maximum atomic E-state index is 5.44. The smallest absolute Gasteiger partial charge is 0.240 e. The highest BCUT2D eigenvalue weighted by Gasteiger charge is 2.22. The molecule has 0 spiro atoms. The lowest BCUT2D eigenvalue weighted by atomic mass is 9.99. The lowest BCUT2D eigenvalue weighted by molar-refractivity contribution is 0.153. The Bertz CT molecular complexity index is 326. The van der Waals surface area contributed by atoms with Gasteiger partial charge in [0.15, 0.2) is 5.82 Å². The normalized spacial score (nSPS) is 22.5. The molecule has 90 valence electrons. The predicted molar refractivity (Wildman–Crippen MR) is 60.8 cm³/mol. The molecule has 1 aromatic heterocycles. The molecule has 0 aliphatic carbocycles. The largest absolute Gasteiger partial charge is 0.338 e. The molecule has 1 unspecified atom stereocenters. The van der Waals surface area contributed by atoms with Gasteiger partial charge >= 0.3 is 0 Å². The highest BCUT2D eigenvalue weighted by Crippen LogP contribution is 2.19. The highest BCUT2D eigenvalue weighted by molar-refractivity contribution is 4.91. The van der Waals surface area contributed by atoms with Gasteiger partial charge in [0.2, 0.25) is 5.89 Å². The molecule has 5 nitrogen and oxygen atoms in total. The van der Waals surface area contributed by atoms with Crippen molar-refractivity contribution in [2.24, 2.45) is 5.73 Å². The Labute approximate surface area is 96.0 Å². The van der Waals surface area contributed by atoms with Crippen molar-refractivity contribution in [3.63, 3.8) is 0 Å². The van der Waals surface area contributed by atoms with E-state index in [4.69, 9.17) is 10.3 Å². The van der Waals surface area contributed by atoms with Gasteiger partial charge in [0.25, 0.3) is 0 Å². The Morgan fingerprint density at radius 1 is 1.50 bits per heavy atom. The van der Waals surface area contributed by atoms with Gasteiger partial charge in [-0.1, -0.05) is 18.5 Å². The first-order valence-electron chi connectivity index (χ1n) is 6.09. The number of nitrogens with zero attached hydrogens (tertiary/aromatic N) is 3. The summed E-state index contributed by atoms with van der Waals surface area (Å²) in [6.45, 7) is 4.84. The molecule has 1 aliphatic rings. The van der Waals surface area contributed by atoms with Crippen molar-refractivity contribution in [2.45, 2.75) is 45.2 Å². The zero-order chi connectivity index (χ0) is 11.4. The molecule has 0 aromatic carbocycles. The molecule has 5 heteroatoms. The summed E-state index contributed by atoms with van der Waals surface area (Å²) in [5, 5.41) is 3.96. The SMILES string of the molecule is CCN1CCCCC1Cc1noc(CN)n1. The third kappa shape index (κ3) is 2.59. The molecule has 2 heterocycles. The van der Waals surface area contributed by atoms with Crippen molar-refractivity contribution < 1.29 is 4.52 Å². The molecule has 16 heavy (non-hydrogen) atoms. The summed E-state index contributed by atoms with van der Waals surface area (Å²) >= 11 is 0. The van der Waals surface area contributed by atoms with Crippen LogP contribution in [0.1, 0.15) is 37.9 Å². The Morgan fingerprint density at radius 2 is 2.38 bits per heavy atom. The zero-order valence-corrected chi connectivity index (χ0v) is 9.85. The molecule has 0 bridgehead atoms. The van der Waals surface area contributed by atoms with Gasteiger partial charge in [-0.15, -0.1) is 0 Å². The highest BCUT2D eigenvalue weighted by atomic mass is 16.5. The van der Waals surface area contributed by atoms with Crippen molar-refractivity contribution in [1.29, 1.82) is 0 Å². The number of hydrogen-bond acceptors (Lipinski definition) is 5. The van der Waals surface area contributed by atoms with Crippen LogP contribution in [0.25, 0.3) is 0 Å². The molecule has 2 rings (SSSR count). The summed E-state index contributed by atoms with van der Waals surface area (Å²) < 4.78 is 5.02. The topological polar surface area (TPSA) is 68.2 Å². The standard InChI is InChI=1S/C11H20N4O/c1-2-15-6-4-3-5-9(15)7-10-13-11(8-12)16-14-10/h9H,2-8,12H2,1H3. The molecule has 1 saturated heterocycles. The van der Waals surface area contributed by atoms with Crippen LogP contribution in [0.5, 0.6) is 0 Å². The van der Waals surface area contributed by atoms with Gasteiger partial charge in [-0.3, -0.25) is 0 Å². The van der Waals surface area contributed by atoms with Crippen LogP contribution in [0.15, 0.2) is 4.52 Å². The Hall–Kier alpha value is -0.940. The number of piperidine rings is 1. The van der Waals surface area contributed by atoms with Gasteiger partial charge in [0.1, 0.15) is 0 Å². The predicted octanol–water partition coefficient (Wildman–Crippen LogP) is 0.945. The molecule has 1 aromatic rings. The van der Waals surface area contributed by atoms with Crippen molar-refractivity contribution in [1.82, 2.24) is 15.0 Å². The fourth-order valence-electron chi connectivity index (χ4n) is 2.37. The van der Waals surface area contributed by atoms with E-state index in [2.05, 4.69) is 22.0 Å². The second kappa shape index (κ2) is 5.41. The summed E-state index contributed by atoms with van der Waals surface area (Å²) in [6, 6.07) is 0.571. The first-order chi connectivity index (χ1) is 7.83. The zero-order valence-electron chi connectivity index (χ0n) is 9.85. The molecular formula is C11H20N4O. The van der Waals surface area contributed by atoms with Crippen molar-refractivity contribution in [3.8, 4) is 0 Å². The molecule has 0 amide bonds. The lowest BCUT2D eigenvalue weighted by Gasteiger charge is -2.34. The van der Waals surface area contributed by atoms with Crippen LogP contribution in [0.3, 0.4) is 0 Å². The van der Waals surface area contributed by atoms with Crippen LogP contribution in [-0.4, -0.2) is 34.2 Å². The third-order valence-corrected chi connectivity index (χ3v) is 3.26. The van der Waals surface area contributed by atoms with Crippen molar-refractivity contribution in [2.75, 3.05) is 13.1 Å².